The molecule has 1 amide bonds. The Morgan fingerprint density at radius 1 is 1.26 bits per heavy atom. The number of rotatable bonds is 4. The summed E-state index contributed by atoms with van der Waals surface area (Å²) in [4.78, 5) is 16.0. The largest absolute Gasteiger partial charge is 0.433 e. The van der Waals surface area contributed by atoms with Gasteiger partial charge in [0, 0.05) is 25.0 Å². The molecule has 164 valence electrons. The van der Waals surface area contributed by atoms with Gasteiger partial charge < -0.3 is 5.32 Å². The molecular weight excluding hydrogens is 423 g/mol. The Morgan fingerprint density at radius 2 is 2.03 bits per heavy atom. The summed E-state index contributed by atoms with van der Waals surface area (Å²) in [6.45, 7) is 0. The lowest BCUT2D eigenvalue weighted by Crippen LogP contribution is -2.31. The molecule has 0 aromatic carbocycles. The highest BCUT2D eigenvalue weighted by atomic mass is 19.4. The topological polar surface area (TPSA) is 77.6 Å². The number of hydrogen-bond donors (Lipinski definition) is 1. The molecule has 3 aromatic rings. The maximum Gasteiger partial charge on any atom is 0.433 e. The van der Waals surface area contributed by atoms with Crippen LogP contribution in [0.1, 0.15) is 58.4 Å². The number of aromatic nitrogens is 5. The summed E-state index contributed by atoms with van der Waals surface area (Å²) in [6.07, 6.45) is -2.87. The number of pyridine rings is 1. The monoisotopic (exact) mass is 440 g/mol. The van der Waals surface area contributed by atoms with Crippen molar-refractivity contribution >= 4 is 5.91 Å². The van der Waals surface area contributed by atoms with Crippen molar-refractivity contribution in [3.05, 3.63) is 58.9 Å². The second-order valence-corrected chi connectivity index (χ2v) is 7.17. The quantitative estimate of drug-likeness (QED) is 0.627. The molecule has 0 aliphatic heterocycles. The first-order valence-corrected chi connectivity index (χ1v) is 9.38. The SMILES string of the molecule is Cn1nc(C(F)F)cc1C(=O)N[C@H]1CCCc2nn(-c3ccnc(C(F)(F)F)c3)cc21. The Hall–Kier alpha value is -3.31. The van der Waals surface area contributed by atoms with E-state index < -0.39 is 35.9 Å². The number of aryl methyl sites for hydroxylation is 2. The molecule has 0 saturated carbocycles. The van der Waals surface area contributed by atoms with Crippen molar-refractivity contribution < 1.29 is 26.7 Å². The first-order chi connectivity index (χ1) is 14.6. The summed E-state index contributed by atoms with van der Waals surface area (Å²) >= 11 is 0. The van der Waals surface area contributed by atoms with E-state index in [2.05, 4.69) is 20.5 Å². The van der Waals surface area contributed by atoms with Crippen molar-refractivity contribution in [3.63, 3.8) is 0 Å². The van der Waals surface area contributed by atoms with Crippen molar-refractivity contribution in [2.75, 3.05) is 0 Å². The highest BCUT2D eigenvalue weighted by Crippen LogP contribution is 2.32. The van der Waals surface area contributed by atoms with Gasteiger partial charge in [-0.1, -0.05) is 0 Å². The molecule has 31 heavy (non-hydrogen) atoms. The van der Waals surface area contributed by atoms with Gasteiger partial charge in [-0.15, -0.1) is 0 Å². The predicted octanol–water partition coefficient (Wildman–Crippen LogP) is 3.76. The predicted molar refractivity (Wildman–Crippen MR) is 97.7 cm³/mol. The number of carbonyl (C=O) groups is 1. The van der Waals surface area contributed by atoms with E-state index in [1.54, 1.807) is 6.20 Å². The van der Waals surface area contributed by atoms with Gasteiger partial charge in [-0.2, -0.15) is 23.4 Å². The molecule has 3 heterocycles. The molecular formula is C19H17F5N6O. The summed E-state index contributed by atoms with van der Waals surface area (Å²) in [5.74, 6) is -0.573. The number of hydrogen-bond acceptors (Lipinski definition) is 4. The number of nitrogens with zero attached hydrogens (tertiary/aromatic N) is 5. The minimum atomic E-state index is -4.58. The van der Waals surface area contributed by atoms with Gasteiger partial charge in [0.1, 0.15) is 17.1 Å². The molecule has 1 atom stereocenters. The Labute approximate surface area is 172 Å². The Kier molecular flexibility index (Phi) is 5.23. The number of carbonyl (C=O) groups excluding carboxylic acids is 1. The third-order valence-electron chi connectivity index (χ3n) is 5.06. The number of alkyl halides is 5. The van der Waals surface area contributed by atoms with Crippen molar-refractivity contribution in [1.82, 2.24) is 29.9 Å². The van der Waals surface area contributed by atoms with Gasteiger partial charge in [0.05, 0.1) is 17.4 Å². The van der Waals surface area contributed by atoms with E-state index in [9.17, 15) is 26.7 Å². The minimum Gasteiger partial charge on any atom is -0.344 e. The zero-order chi connectivity index (χ0) is 22.3. The van der Waals surface area contributed by atoms with Crippen LogP contribution in [0.4, 0.5) is 22.0 Å². The summed E-state index contributed by atoms with van der Waals surface area (Å²) in [6, 6.07) is 2.87. The fourth-order valence-electron chi connectivity index (χ4n) is 3.58. The fraction of sp³-hybridized carbons (Fsp3) is 0.368. The summed E-state index contributed by atoms with van der Waals surface area (Å²) in [5.41, 5.74) is -0.0347. The van der Waals surface area contributed by atoms with E-state index in [0.29, 0.717) is 30.5 Å². The van der Waals surface area contributed by atoms with Crippen LogP contribution in [0.15, 0.2) is 30.6 Å². The molecule has 0 fully saturated rings. The molecule has 3 aromatic heterocycles. The number of amides is 1. The maximum absolute atomic E-state index is 13.0. The first-order valence-electron chi connectivity index (χ1n) is 9.38. The molecule has 4 rings (SSSR count). The lowest BCUT2D eigenvalue weighted by molar-refractivity contribution is -0.141. The van der Waals surface area contributed by atoms with E-state index in [1.165, 1.54) is 17.8 Å². The zero-order valence-corrected chi connectivity index (χ0v) is 16.2. The average Bonchev–Trinajstić information content (AvgIpc) is 3.32. The minimum absolute atomic E-state index is 0.0150. The molecule has 0 radical (unpaired) electrons. The Balaban J connectivity index is 1.60. The summed E-state index contributed by atoms with van der Waals surface area (Å²) in [5, 5.41) is 10.8. The molecule has 1 aliphatic rings. The van der Waals surface area contributed by atoms with Crippen LogP contribution in [0.25, 0.3) is 5.69 Å². The average molecular weight is 440 g/mol. The zero-order valence-electron chi connectivity index (χ0n) is 16.2. The highest BCUT2D eigenvalue weighted by molar-refractivity contribution is 5.93. The molecule has 0 bridgehead atoms. The lowest BCUT2D eigenvalue weighted by Gasteiger charge is -2.22. The van der Waals surface area contributed by atoms with E-state index in [0.717, 1.165) is 23.0 Å². The van der Waals surface area contributed by atoms with Crippen molar-refractivity contribution in [1.29, 1.82) is 0 Å². The number of fused-ring (bicyclic) bond motifs is 1. The highest BCUT2D eigenvalue weighted by Gasteiger charge is 2.33. The van der Waals surface area contributed by atoms with Crippen LogP contribution in [-0.4, -0.2) is 30.5 Å². The summed E-state index contributed by atoms with van der Waals surface area (Å²) in [7, 11) is 1.40. The van der Waals surface area contributed by atoms with Crippen LogP contribution in [0, 0.1) is 0 Å². The van der Waals surface area contributed by atoms with E-state index in [-0.39, 0.29) is 11.4 Å². The van der Waals surface area contributed by atoms with Gasteiger partial charge in [0.2, 0.25) is 0 Å². The van der Waals surface area contributed by atoms with E-state index >= 15 is 0 Å². The van der Waals surface area contributed by atoms with Gasteiger partial charge in [0.25, 0.3) is 12.3 Å². The third-order valence-corrected chi connectivity index (χ3v) is 5.06. The van der Waals surface area contributed by atoms with Crippen molar-refractivity contribution in [2.24, 2.45) is 7.05 Å². The van der Waals surface area contributed by atoms with Gasteiger partial charge in [-0.25, -0.2) is 13.5 Å². The molecule has 0 unspecified atom stereocenters. The number of nitrogens with one attached hydrogen (secondary N) is 1. The molecule has 1 aliphatic carbocycles. The Morgan fingerprint density at radius 3 is 2.71 bits per heavy atom. The smallest absolute Gasteiger partial charge is 0.344 e. The normalized spacial score (nSPS) is 16.4. The molecule has 0 saturated heterocycles. The van der Waals surface area contributed by atoms with Gasteiger partial charge >= 0.3 is 6.18 Å². The van der Waals surface area contributed by atoms with Crippen molar-refractivity contribution in [3.8, 4) is 5.69 Å². The fourth-order valence-corrected chi connectivity index (χ4v) is 3.58. The molecule has 1 N–H and O–H groups in total. The standard InChI is InChI=1S/C19H17F5N6O/c1-29-15(8-14(27-29)17(20)21)18(31)26-12-3-2-4-13-11(12)9-30(28-13)10-5-6-25-16(7-10)19(22,23)24/h5-9,12,17H,2-4H2,1H3,(H,26,31)/t12-/m0/s1. The van der Waals surface area contributed by atoms with E-state index in [4.69, 9.17) is 0 Å². The number of halogens is 5. The van der Waals surface area contributed by atoms with Crippen LogP contribution >= 0.6 is 0 Å². The van der Waals surface area contributed by atoms with Crippen molar-refractivity contribution in [2.45, 2.75) is 37.9 Å². The van der Waals surface area contributed by atoms with Crippen LogP contribution in [0.3, 0.4) is 0 Å². The second-order valence-electron chi connectivity index (χ2n) is 7.17. The van der Waals surface area contributed by atoms with E-state index in [1.807, 2.05) is 0 Å². The van der Waals surface area contributed by atoms with Crippen LogP contribution in [-0.2, 0) is 19.6 Å². The second kappa shape index (κ2) is 7.75. The molecule has 12 heteroatoms. The summed E-state index contributed by atoms with van der Waals surface area (Å²) < 4.78 is 67.0. The molecule has 7 nitrogen and oxygen atoms in total. The maximum atomic E-state index is 13.0. The Bertz CT molecular complexity index is 1120. The van der Waals surface area contributed by atoms with Gasteiger partial charge in [-0.3, -0.25) is 14.5 Å². The first kappa shape index (κ1) is 20.9. The third kappa shape index (κ3) is 4.14. The van der Waals surface area contributed by atoms with Gasteiger partial charge in [0.15, 0.2) is 0 Å². The van der Waals surface area contributed by atoms with Gasteiger partial charge in [-0.05, 0) is 37.5 Å². The van der Waals surface area contributed by atoms with Crippen LogP contribution in [0.5, 0.6) is 0 Å². The lowest BCUT2D eigenvalue weighted by atomic mass is 9.93. The van der Waals surface area contributed by atoms with Crippen LogP contribution in [0.2, 0.25) is 0 Å². The molecule has 0 spiro atoms. The van der Waals surface area contributed by atoms with Crippen LogP contribution < -0.4 is 5.32 Å².